The summed E-state index contributed by atoms with van der Waals surface area (Å²) in [6, 6.07) is 28.7. The second-order valence-electron chi connectivity index (χ2n) is 10.7. The molecule has 0 saturated heterocycles. The molecule has 0 fully saturated rings. The van der Waals surface area contributed by atoms with Crippen LogP contribution >= 0.6 is 46.4 Å². The number of rotatable bonds is 3. The van der Waals surface area contributed by atoms with Gasteiger partial charge in [-0.3, -0.25) is 4.79 Å². The van der Waals surface area contributed by atoms with E-state index in [1.54, 1.807) is 6.92 Å². The van der Waals surface area contributed by atoms with E-state index in [2.05, 4.69) is 47.8 Å². The first-order chi connectivity index (χ1) is 19.7. The quantitative estimate of drug-likeness (QED) is 0.238. The Balaban J connectivity index is 0.000000166. The number of amides is 1. The summed E-state index contributed by atoms with van der Waals surface area (Å²) in [4.78, 5) is 11.4. The molecule has 0 aromatic heterocycles. The number of nitrogens with two attached hydrogens (primary N) is 1. The van der Waals surface area contributed by atoms with E-state index in [-0.39, 0.29) is 23.9 Å². The maximum atomic E-state index is 11.4. The minimum absolute atomic E-state index is 0.00721. The maximum Gasteiger partial charge on any atom is 0.217 e. The fraction of sp³-hybridized carbons (Fsp3) is 0.265. The largest absolute Gasteiger partial charge is 0.350 e. The van der Waals surface area contributed by atoms with Crippen molar-refractivity contribution in [3.8, 4) is 0 Å². The van der Waals surface area contributed by atoms with Gasteiger partial charge in [0.1, 0.15) is 0 Å². The number of benzene rings is 4. The van der Waals surface area contributed by atoms with Crippen LogP contribution in [0.25, 0.3) is 0 Å². The van der Waals surface area contributed by atoms with Gasteiger partial charge in [-0.25, -0.2) is 0 Å². The molecule has 3 N–H and O–H groups in total. The Morgan fingerprint density at radius 3 is 1.61 bits per heavy atom. The molecule has 4 aromatic carbocycles. The Labute approximate surface area is 262 Å². The van der Waals surface area contributed by atoms with Gasteiger partial charge in [0.25, 0.3) is 0 Å². The van der Waals surface area contributed by atoms with Crippen molar-refractivity contribution in [2.75, 3.05) is 0 Å². The van der Waals surface area contributed by atoms with Crippen LogP contribution in [-0.2, 0) is 4.79 Å². The summed E-state index contributed by atoms with van der Waals surface area (Å²) in [6.45, 7) is 1.56. The smallest absolute Gasteiger partial charge is 0.217 e. The number of hydrogen-bond donors (Lipinski definition) is 2. The molecule has 0 bridgehead atoms. The molecule has 0 radical (unpaired) electrons. The molecule has 2 aliphatic carbocycles. The predicted octanol–water partition coefficient (Wildman–Crippen LogP) is 10.0. The summed E-state index contributed by atoms with van der Waals surface area (Å²) in [5, 5.41) is 5.42. The topological polar surface area (TPSA) is 55.1 Å². The second-order valence-corrected chi connectivity index (χ2v) is 12.4. The monoisotopic (exact) mass is 624 g/mol. The summed E-state index contributed by atoms with van der Waals surface area (Å²) in [5.74, 6) is 0.662. The number of fused-ring (bicyclic) bond motifs is 2. The zero-order valence-electron chi connectivity index (χ0n) is 22.7. The van der Waals surface area contributed by atoms with Crippen LogP contribution in [0.4, 0.5) is 0 Å². The summed E-state index contributed by atoms with van der Waals surface area (Å²) in [5.41, 5.74) is 13.6. The Bertz CT molecular complexity index is 1560. The molecule has 212 valence electrons. The lowest BCUT2D eigenvalue weighted by molar-refractivity contribution is -0.119. The zero-order chi connectivity index (χ0) is 29.1. The number of carbonyl (C=O) groups is 1. The van der Waals surface area contributed by atoms with Crippen LogP contribution in [0.1, 0.15) is 89.9 Å². The summed E-state index contributed by atoms with van der Waals surface area (Å²) in [6.07, 6.45) is 3.94. The van der Waals surface area contributed by atoms with Crippen LogP contribution < -0.4 is 11.1 Å². The third-order valence-electron chi connectivity index (χ3n) is 8.10. The van der Waals surface area contributed by atoms with Gasteiger partial charge >= 0.3 is 0 Å². The van der Waals surface area contributed by atoms with E-state index in [1.807, 2.05) is 42.5 Å². The molecule has 0 spiro atoms. The van der Waals surface area contributed by atoms with Crippen molar-refractivity contribution in [3.63, 3.8) is 0 Å². The Hall–Kier alpha value is -2.53. The average molecular weight is 626 g/mol. The highest BCUT2D eigenvalue weighted by Crippen LogP contribution is 2.43. The Kier molecular flexibility index (Phi) is 9.63. The molecule has 0 unspecified atom stereocenters. The van der Waals surface area contributed by atoms with Gasteiger partial charge in [0.2, 0.25) is 5.91 Å². The molecule has 2 aliphatic rings. The predicted molar refractivity (Wildman–Crippen MR) is 171 cm³/mol. The van der Waals surface area contributed by atoms with Crippen LogP contribution in [0.15, 0.2) is 84.9 Å². The molecule has 0 heterocycles. The Morgan fingerprint density at radius 1 is 0.634 bits per heavy atom. The van der Waals surface area contributed by atoms with Crippen molar-refractivity contribution in [3.05, 3.63) is 138 Å². The molecule has 4 aromatic rings. The van der Waals surface area contributed by atoms with Crippen LogP contribution in [0.3, 0.4) is 0 Å². The van der Waals surface area contributed by atoms with E-state index in [0.717, 1.165) is 25.7 Å². The summed E-state index contributed by atoms with van der Waals surface area (Å²) >= 11 is 24.3. The van der Waals surface area contributed by atoms with E-state index >= 15 is 0 Å². The fourth-order valence-corrected chi connectivity index (χ4v) is 6.77. The lowest BCUT2D eigenvalue weighted by atomic mass is 9.77. The molecule has 6 rings (SSSR count). The molecular weight excluding hydrogens is 594 g/mol. The minimum atomic E-state index is 0.00721. The third-order valence-corrected chi connectivity index (χ3v) is 9.58. The van der Waals surface area contributed by atoms with Gasteiger partial charge < -0.3 is 11.1 Å². The molecule has 1 amide bonds. The normalized spacial score (nSPS) is 21.1. The summed E-state index contributed by atoms with van der Waals surface area (Å²) in [7, 11) is 0. The van der Waals surface area contributed by atoms with Gasteiger partial charge in [0.15, 0.2) is 0 Å². The highest BCUT2D eigenvalue weighted by Gasteiger charge is 2.29. The first-order valence-corrected chi connectivity index (χ1v) is 15.3. The average Bonchev–Trinajstić information content (AvgIpc) is 2.97. The van der Waals surface area contributed by atoms with Gasteiger partial charge in [-0.05, 0) is 83.3 Å². The molecular formula is C34H32Cl4N2O. The second kappa shape index (κ2) is 13.2. The van der Waals surface area contributed by atoms with Gasteiger partial charge in [-0.2, -0.15) is 0 Å². The number of halogens is 4. The van der Waals surface area contributed by atoms with Gasteiger partial charge in [-0.1, -0.05) is 107 Å². The van der Waals surface area contributed by atoms with Crippen molar-refractivity contribution < 1.29 is 4.79 Å². The van der Waals surface area contributed by atoms with Crippen molar-refractivity contribution in [1.82, 2.24) is 5.32 Å². The first kappa shape index (κ1) is 29.9. The van der Waals surface area contributed by atoms with Crippen LogP contribution in [0.5, 0.6) is 0 Å². The van der Waals surface area contributed by atoms with E-state index in [9.17, 15) is 4.79 Å². The summed E-state index contributed by atoms with van der Waals surface area (Å²) < 4.78 is 0. The van der Waals surface area contributed by atoms with Crippen LogP contribution in [0, 0.1) is 0 Å². The fourth-order valence-electron chi connectivity index (χ4n) is 6.16. The highest BCUT2D eigenvalue weighted by atomic mass is 35.5. The standard InChI is InChI=1S/C18H17Cl2NO.C16H15Cl2N/c1-11(22)21-18-9-7-13(14-4-2-3-5-15(14)18)12-6-8-16(19)17(20)10-12;17-14-7-5-10(9-15(14)18)11-6-8-16(19)13-4-2-1-3-12(11)13/h2-6,8,10,13,18H,7,9H2,1H3,(H,21,22);1-5,7,9,11,16H,6,8,19H2/t13-,18+;11-,16+/m00/s1. The number of carbonyl (C=O) groups excluding carboxylic acids is 1. The van der Waals surface area contributed by atoms with Crippen LogP contribution in [0.2, 0.25) is 20.1 Å². The zero-order valence-corrected chi connectivity index (χ0v) is 25.7. The lowest BCUT2D eigenvalue weighted by Crippen LogP contribution is -2.30. The van der Waals surface area contributed by atoms with E-state index < -0.39 is 0 Å². The van der Waals surface area contributed by atoms with E-state index in [4.69, 9.17) is 52.1 Å². The van der Waals surface area contributed by atoms with Crippen LogP contribution in [-0.4, -0.2) is 5.91 Å². The van der Waals surface area contributed by atoms with Crippen molar-refractivity contribution >= 4 is 52.3 Å². The molecule has 0 saturated carbocycles. The molecule has 7 heteroatoms. The first-order valence-electron chi connectivity index (χ1n) is 13.8. The van der Waals surface area contributed by atoms with Crippen molar-refractivity contribution in [2.24, 2.45) is 5.73 Å². The van der Waals surface area contributed by atoms with Crippen molar-refractivity contribution in [1.29, 1.82) is 0 Å². The van der Waals surface area contributed by atoms with Crippen molar-refractivity contribution in [2.45, 2.75) is 56.5 Å². The van der Waals surface area contributed by atoms with Gasteiger partial charge in [0.05, 0.1) is 26.1 Å². The lowest BCUT2D eigenvalue weighted by Gasteiger charge is -2.32. The molecule has 0 aliphatic heterocycles. The molecule has 41 heavy (non-hydrogen) atoms. The van der Waals surface area contributed by atoms with Gasteiger partial charge in [0, 0.05) is 24.8 Å². The number of hydrogen-bond acceptors (Lipinski definition) is 2. The SMILES string of the molecule is CC(=O)N[C@@H]1CC[C@@H](c2ccc(Cl)c(Cl)c2)c2ccccc21.N[C@@H]1CC[C@@H](c2ccc(Cl)c(Cl)c2)c2ccccc21. The van der Waals surface area contributed by atoms with E-state index in [0.29, 0.717) is 26.0 Å². The molecule has 4 atom stereocenters. The number of nitrogens with one attached hydrogen (secondary N) is 1. The maximum absolute atomic E-state index is 11.4. The molecule has 3 nitrogen and oxygen atoms in total. The highest BCUT2D eigenvalue weighted by molar-refractivity contribution is 6.42. The van der Waals surface area contributed by atoms with Gasteiger partial charge in [-0.15, -0.1) is 0 Å². The Morgan fingerprint density at radius 2 is 1.10 bits per heavy atom. The minimum Gasteiger partial charge on any atom is -0.350 e. The third kappa shape index (κ3) is 6.77. The van der Waals surface area contributed by atoms with E-state index in [1.165, 1.54) is 33.4 Å².